The van der Waals surface area contributed by atoms with Crippen molar-refractivity contribution in [3.63, 3.8) is 0 Å². The van der Waals surface area contributed by atoms with Crippen molar-refractivity contribution in [2.45, 2.75) is 80.9 Å². The first-order chi connectivity index (χ1) is 23.4. The normalized spacial score (nSPS) is 28.1. The molecule has 8 rings (SSSR count). The molecule has 0 radical (unpaired) electrons. The zero-order valence-electron chi connectivity index (χ0n) is 27.0. The molecule has 0 spiro atoms. The van der Waals surface area contributed by atoms with Gasteiger partial charge in [-0.2, -0.15) is 4.31 Å². The molecule has 1 amide bonds. The number of rotatable bonds is 13. The number of amides is 1. The Morgan fingerprint density at radius 3 is 2.69 bits per heavy atom. The van der Waals surface area contributed by atoms with E-state index in [-0.39, 0.29) is 53.9 Å². The van der Waals surface area contributed by atoms with E-state index in [0.717, 1.165) is 54.1 Å². The molecule has 3 aliphatic carbocycles. The number of hydrogen-bond acceptors (Lipinski definition) is 10. The Kier molecular flexibility index (Phi) is 8.59. The summed E-state index contributed by atoms with van der Waals surface area (Å²) in [4.78, 5) is 18.1. The highest BCUT2D eigenvalue weighted by atomic mass is 32.2. The van der Waals surface area contributed by atoms with E-state index in [4.69, 9.17) is 14.2 Å². The number of fused-ring (bicyclic) bond motifs is 2. The SMILES string of the molecule is CC1(CN(CC(O)C(Cc2ccc(F)c(F)c2)NC(=O)OC2C3COC4OCC2C4C3)S(=O)(=O)c2ccc3nc(NC4CC4)sc3c2)CC1. The van der Waals surface area contributed by atoms with Gasteiger partial charge in [-0.25, -0.2) is 27.0 Å². The van der Waals surface area contributed by atoms with E-state index >= 15 is 0 Å². The highest BCUT2D eigenvalue weighted by molar-refractivity contribution is 7.89. The van der Waals surface area contributed by atoms with Gasteiger partial charge in [0.2, 0.25) is 10.0 Å². The van der Waals surface area contributed by atoms with Crippen LogP contribution < -0.4 is 10.6 Å². The monoisotopic (exact) mass is 718 g/mol. The molecule has 3 aromatic rings. The molecule has 2 aliphatic heterocycles. The van der Waals surface area contributed by atoms with E-state index in [1.165, 1.54) is 27.8 Å². The molecule has 3 heterocycles. The van der Waals surface area contributed by atoms with Crippen molar-refractivity contribution >= 4 is 42.8 Å². The first-order valence-corrected chi connectivity index (χ1v) is 19.2. The molecule has 1 aromatic heterocycles. The van der Waals surface area contributed by atoms with Crippen molar-refractivity contribution < 1.29 is 41.3 Å². The second kappa shape index (κ2) is 12.7. The topological polar surface area (TPSA) is 139 Å². The van der Waals surface area contributed by atoms with Gasteiger partial charge in [0.05, 0.1) is 40.5 Å². The number of carbonyl (C=O) groups excluding carboxylic acids is 1. The third-order valence-corrected chi connectivity index (χ3v) is 13.5. The second-order valence-corrected chi connectivity index (χ2v) is 17.6. The maximum Gasteiger partial charge on any atom is 0.407 e. The molecule has 2 aromatic carbocycles. The van der Waals surface area contributed by atoms with Crippen molar-refractivity contribution in [3.8, 4) is 0 Å². The minimum absolute atomic E-state index is 0.00538. The molecule has 3 N–H and O–H groups in total. The predicted octanol–water partition coefficient (Wildman–Crippen LogP) is 4.65. The van der Waals surface area contributed by atoms with E-state index in [9.17, 15) is 27.1 Å². The highest BCUT2D eigenvalue weighted by Gasteiger charge is 2.56. The predicted molar refractivity (Wildman–Crippen MR) is 176 cm³/mol. The number of nitrogens with zero attached hydrogens (tertiary/aromatic N) is 2. The first-order valence-electron chi connectivity index (χ1n) is 16.9. The maximum absolute atomic E-state index is 14.3. The van der Waals surface area contributed by atoms with Crippen LogP contribution in [0.5, 0.6) is 0 Å². The van der Waals surface area contributed by atoms with Crippen LogP contribution in [0, 0.1) is 34.8 Å². The fraction of sp³-hybridized carbons (Fsp3) is 0.588. The largest absolute Gasteiger partial charge is 0.445 e. The van der Waals surface area contributed by atoms with Gasteiger partial charge in [-0.05, 0) is 79.8 Å². The quantitative estimate of drug-likeness (QED) is 0.231. The highest BCUT2D eigenvalue weighted by Crippen LogP contribution is 2.49. The maximum atomic E-state index is 14.3. The number of carbonyl (C=O) groups is 1. The van der Waals surface area contributed by atoms with Crippen LogP contribution in [-0.2, 0) is 30.7 Å². The number of aliphatic hydroxyl groups is 1. The number of thiazole rings is 1. The lowest BCUT2D eigenvalue weighted by molar-refractivity contribution is -0.169. The van der Waals surface area contributed by atoms with Crippen molar-refractivity contribution in [1.82, 2.24) is 14.6 Å². The van der Waals surface area contributed by atoms with Crippen molar-refractivity contribution in [2.75, 3.05) is 31.6 Å². The number of aliphatic hydroxyl groups excluding tert-OH is 1. The van der Waals surface area contributed by atoms with E-state index < -0.39 is 46.0 Å². The second-order valence-electron chi connectivity index (χ2n) is 14.7. The number of aromatic nitrogens is 1. The number of hydrogen-bond donors (Lipinski definition) is 3. The summed E-state index contributed by atoms with van der Waals surface area (Å²) in [5, 5.41) is 18.6. The van der Waals surface area contributed by atoms with Crippen molar-refractivity contribution in [2.24, 2.45) is 23.2 Å². The molecule has 11 nitrogen and oxygen atoms in total. The molecule has 7 unspecified atom stereocenters. The molecule has 2 saturated heterocycles. The number of ether oxygens (including phenoxy) is 3. The third-order valence-electron chi connectivity index (χ3n) is 10.7. The number of halogens is 2. The van der Waals surface area contributed by atoms with Gasteiger partial charge in [-0.15, -0.1) is 0 Å². The Labute approximate surface area is 287 Å². The number of sulfonamides is 1. The van der Waals surface area contributed by atoms with Gasteiger partial charge in [-0.1, -0.05) is 24.3 Å². The number of anilines is 1. The summed E-state index contributed by atoms with van der Waals surface area (Å²) < 4.78 is 76.0. The molecule has 15 heteroatoms. The molecule has 7 atom stereocenters. The first kappa shape index (κ1) is 33.2. The summed E-state index contributed by atoms with van der Waals surface area (Å²) in [7, 11) is -4.11. The summed E-state index contributed by atoms with van der Waals surface area (Å²) in [6.07, 6.45) is 1.62. The minimum Gasteiger partial charge on any atom is -0.445 e. The Morgan fingerprint density at radius 1 is 1.14 bits per heavy atom. The Morgan fingerprint density at radius 2 is 1.94 bits per heavy atom. The summed E-state index contributed by atoms with van der Waals surface area (Å²) in [6, 6.07) is 7.50. The van der Waals surface area contributed by atoms with Crippen LogP contribution in [0.3, 0.4) is 0 Å². The lowest BCUT2D eigenvalue weighted by atomic mass is 9.98. The molecule has 3 saturated carbocycles. The lowest BCUT2D eigenvalue weighted by Gasteiger charge is -2.32. The van der Waals surface area contributed by atoms with Crippen LogP contribution in [0.15, 0.2) is 41.3 Å². The number of nitrogens with one attached hydrogen (secondary N) is 2. The molecular weight excluding hydrogens is 679 g/mol. The molecule has 5 aliphatic rings. The van der Waals surface area contributed by atoms with Gasteiger partial charge >= 0.3 is 6.09 Å². The van der Waals surface area contributed by atoms with Gasteiger partial charge in [0.25, 0.3) is 0 Å². The molecule has 2 bridgehead atoms. The molecule has 264 valence electrons. The van der Waals surface area contributed by atoms with Crippen LogP contribution >= 0.6 is 11.3 Å². The summed E-state index contributed by atoms with van der Waals surface area (Å²) in [5.74, 6) is -1.93. The van der Waals surface area contributed by atoms with Crippen LogP contribution in [0.25, 0.3) is 10.2 Å². The van der Waals surface area contributed by atoms with Crippen molar-refractivity contribution in [3.05, 3.63) is 53.6 Å². The standard InChI is InChI=1S/C34H40F2N4O7S2/c1-34(8-9-34)17-40(49(43,44)21-5-7-26-29(13-21)48-32(38-26)37-20-3-4-20)14-28(41)27(11-18-2-6-24(35)25(36)10-18)39-33(42)47-30-19-12-22-23(30)16-46-31(22)45-15-19/h2,5-7,10,13,19-20,22-23,27-28,30-31,41H,3-4,8-9,11-12,14-17H2,1H3,(H,37,38)(H,39,42). The van der Waals surface area contributed by atoms with Gasteiger partial charge in [0.1, 0.15) is 6.10 Å². The van der Waals surface area contributed by atoms with E-state index in [1.54, 1.807) is 12.1 Å². The van der Waals surface area contributed by atoms with E-state index in [0.29, 0.717) is 30.3 Å². The fourth-order valence-electron chi connectivity index (χ4n) is 7.42. The Balaban J connectivity index is 1.04. The summed E-state index contributed by atoms with van der Waals surface area (Å²) in [5.41, 5.74) is 0.753. The third kappa shape index (κ3) is 6.89. The van der Waals surface area contributed by atoms with Crippen molar-refractivity contribution in [1.29, 1.82) is 0 Å². The summed E-state index contributed by atoms with van der Waals surface area (Å²) in [6.45, 7) is 2.65. The molecule has 5 fully saturated rings. The Bertz CT molecular complexity index is 1850. The minimum atomic E-state index is -4.11. The fourth-order valence-corrected chi connectivity index (χ4v) is 10.1. The number of alkyl carbamates (subject to hydrolysis) is 1. The van der Waals surface area contributed by atoms with E-state index in [2.05, 4.69) is 15.6 Å². The number of benzene rings is 2. The average molecular weight is 719 g/mol. The molecule has 49 heavy (non-hydrogen) atoms. The molecular formula is C34H40F2N4O7S2. The van der Waals surface area contributed by atoms with Gasteiger partial charge < -0.3 is 30.0 Å². The van der Waals surface area contributed by atoms with Crippen LogP contribution in [0.1, 0.15) is 44.6 Å². The average Bonchev–Trinajstić information content (AvgIpc) is 3.90. The van der Waals surface area contributed by atoms with Crippen LogP contribution in [0.2, 0.25) is 0 Å². The van der Waals surface area contributed by atoms with Crippen LogP contribution in [-0.4, -0.2) is 85.8 Å². The van der Waals surface area contributed by atoms with Gasteiger partial charge in [-0.3, -0.25) is 0 Å². The zero-order chi connectivity index (χ0) is 34.1. The van der Waals surface area contributed by atoms with E-state index in [1.807, 2.05) is 6.92 Å². The summed E-state index contributed by atoms with van der Waals surface area (Å²) >= 11 is 1.40. The lowest BCUT2D eigenvalue weighted by Crippen LogP contribution is -2.52. The zero-order valence-corrected chi connectivity index (χ0v) is 28.7. The van der Waals surface area contributed by atoms with Gasteiger partial charge in [0.15, 0.2) is 23.1 Å². The van der Waals surface area contributed by atoms with Gasteiger partial charge in [0, 0.05) is 36.9 Å². The smallest absolute Gasteiger partial charge is 0.407 e. The van der Waals surface area contributed by atoms with Crippen LogP contribution in [0.4, 0.5) is 18.7 Å². The Hall–Kier alpha value is -2.95.